The van der Waals surface area contributed by atoms with Crippen molar-refractivity contribution in [3.05, 3.63) is 91.8 Å². The normalized spacial score (nSPS) is 10.7. The van der Waals surface area contributed by atoms with E-state index in [-0.39, 0.29) is 33.9 Å². The average Bonchev–Trinajstić information content (AvgIpc) is 2.70. The highest BCUT2D eigenvalue weighted by Crippen LogP contribution is 2.25. The molecule has 3 rings (SSSR count). The van der Waals surface area contributed by atoms with Crippen molar-refractivity contribution < 1.29 is 18.3 Å². The minimum atomic E-state index is -0.724. The average molecular weight is 477 g/mol. The van der Waals surface area contributed by atoms with Crippen LogP contribution in [0.2, 0.25) is 0 Å². The highest BCUT2D eigenvalue weighted by Gasteiger charge is 2.16. The van der Waals surface area contributed by atoms with Crippen molar-refractivity contribution in [3.63, 3.8) is 0 Å². The van der Waals surface area contributed by atoms with Gasteiger partial charge in [-0.1, -0.05) is 6.07 Å². The molecule has 0 unspecified atom stereocenters. The zero-order valence-corrected chi connectivity index (χ0v) is 18.2. The van der Waals surface area contributed by atoms with E-state index in [1.807, 2.05) is 0 Å². The minimum Gasteiger partial charge on any atom is -0.487 e. The summed E-state index contributed by atoms with van der Waals surface area (Å²) in [6.07, 6.45) is 0. The first-order valence-electron chi connectivity index (χ1n) is 9.00. The molecule has 1 heterocycles. The van der Waals surface area contributed by atoms with Gasteiger partial charge in [0.25, 0.3) is 11.5 Å². The lowest BCUT2D eigenvalue weighted by Gasteiger charge is -2.16. The zero-order chi connectivity index (χ0) is 22.0. The first-order valence-corrected chi connectivity index (χ1v) is 9.79. The molecule has 0 atom stereocenters. The Morgan fingerprint density at radius 2 is 1.87 bits per heavy atom. The first kappa shape index (κ1) is 21.7. The van der Waals surface area contributed by atoms with Gasteiger partial charge in [0.2, 0.25) is 0 Å². The van der Waals surface area contributed by atoms with Crippen LogP contribution in [-0.4, -0.2) is 29.5 Å². The first-order chi connectivity index (χ1) is 14.2. The summed E-state index contributed by atoms with van der Waals surface area (Å²) >= 11 is 3.25. The van der Waals surface area contributed by atoms with E-state index >= 15 is 0 Å². The zero-order valence-electron chi connectivity index (χ0n) is 16.6. The van der Waals surface area contributed by atoms with Crippen LogP contribution in [0.4, 0.5) is 8.78 Å². The van der Waals surface area contributed by atoms with Crippen LogP contribution in [0.5, 0.6) is 5.75 Å². The third-order valence-electron chi connectivity index (χ3n) is 4.46. The SMILES string of the molecule is Cc1cc(OCc2ccc(F)cc2F)c(Br)c(=O)n1-c1cccc(C(=O)N(C)C)c1. The van der Waals surface area contributed by atoms with Crippen molar-refractivity contribution in [2.75, 3.05) is 14.1 Å². The largest absolute Gasteiger partial charge is 0.487 e. The molecule has 0 saturated carbocycles. The van der Waals surface area contributed by atoms with E-state index in [1.165, 1.54) is 15.5 Å². The molecule has 0 aliphatic carbocycles. The van der Waals surface area contributed by atoms with Crippen molar-refractivity contribution in [1.29, 1.82) is 0 Å². The Morgan fingerprint density at radius 3 is 2.53 bits per heavy atom. The van der Waals surface area contributed by atoms with E-state index in [0.29, 0.717) is 16.9 Å². The highest BCUT2D eigenvalue weighted by molar-refractivity contribution is 9.10. The van der Waals surface area contributed by atoms with E-state index in [9.17, 15) is 18.4 Å². The van der Waals surface area contributed by atoms with E-state index in [4.69, 9.17) is 4.74 Å². The maximum absolute atomic E-state index is 13.8. The third-order valence-corrected chi connectivity index (χ3v) is 5.19. The van der Waals surface area contributed by atoms with Gasteiger partial charge in [-0.05, 0) is 53.2 Å². The van der Waals surface area contributed by atoms with Crippen molar-refractivity contribution in [2.45, 2.75) is 13.5 Å². The second-order valence-electron chi connectivity index (χ2n) is 6.88. The number of ether oxygens (including phenoxy) is 1. The number of hydrogen-bond donors (Lipinski definition) is 0. The fourth-order valence-electron chi connectivity index (χ4n) is 2.94. The van der Waals surface area contributed by atoms with Gasteiger partial charge >= 0.3 is 0 Å². The number of aryl methyl sites for hydroxylation is 1. The van der Waals surface area contributed by atoms with Crippen LogP contribution >= 0.6 is 15.9 Å². The lowest BCUT2D eigenvalue weighted by atomic mass is 10.1. The van der Waals surface area contributed by atoms with Crippen molar-refractivity contribution in [2.24, 2.45) is 0 Å². The standard InChI is InChI=1S/C22H19BrF2N2O3/c1-13-9-19(30-12-15-7-8-16(24)11-18(15)25)20(23)22(29)27(13)17-6-4-5-14(10-17)21(28)26(2)3/h4-11H,12H2,1-3H3. The van der Waals surface area contributed by atoms with Gasteiger partial charge in [-0.25, -0.2) is 8.78 Å². The van der Waals surface area contributed by atoms with Gasteiger partial charge in [-0.2, -0.15) is 0 Å². The smallest absolute Gasteiger partial charge is 0.273 e. The molecule has 0 radical (unpaired) electrons. The molecular weight excluding hydrogens is 458 g/mol. The third kappa shape index (κ3) is 4.43. The molecule has 1 aromatic heterocycles. The molecule has 0 aliphatic heterocycles. The molecule has 0 saturated heterocycles. The number of halogens is 3. The quantitative estimate of drug-likeness (QED) is 0.545. The Balaban J connectivity index is 1.95. The number of pyridine rings is 1. The molecule has 3 aromatic rings. The van der Waals surface area contributed by atoms with Crippen molar-refractivity contribution in [3.8, 4) is 11.4 Å². The van der Waals surface area contributed by atoms with Gasteiger partial charge in [0.1, 0.15) is 28.5 Å². The Bertz CT molecular complexity index is 1180. The Kier molecular flexibility index (Phi) is 6.36. The molecule has 0 aliphatic rings. The summed E-state index contributed by atoms with van der Waals surface area (Å²) in [4.78, 5) is 26.7. The molecule has 156 valence electrons. The molecule has 2 aromatic carbocycles. The number of carbonyl (C=O) groups excluding carboxylic acids is 1. The molecule has 1 amide bonds. The molecular formula is C22H19BrF2N2O3. The summed E-state index contributed by atoms with van der Waals surface area (Å²) in [6, 6.07) is 11.6. The van der Waals surface area contributed by atoms with Crippen molar-refractivity contribution >= 4 is 21.8 Å². The summed E-state index contributed by atoms with van der Waals surface area (Å²) in [6.45, 7) is 1.56. The Morgan fingerprint density at radius 1 is 1.13 bits per heavy atom. The van der Waals surface area contributed by atoms with Gasteiger partial charge in [-0.3, -0.25) is 14.2 Å². The van der Waals surface area contributed by atoms with Gasteiger partial charge < -0.3 is 9.64 Å². The molecule has 30 heavy (non-hydrogen) atoms. The highest BCUT2D eigenvalue weighted by atomic mass is 79.9. The van der Waals surface area contributed by atoms with E-state index in [0.717, 1.165) is 12.1 Å². The Hall–Kier alpha value is -3.00. The maximum atomic E-state index is 13.8. The van der Waals surface area contributed by atoms with Crippen LogP contribution in [0.15, 0.2) is 57.8 Å². The molecule has 0 spiro atoms. The number of amides is 1. The predicted octanol–water partition coefficient (Wildman–Crippen LogP) is 4.47. The van der Waals surface area contributed by atoms with E-state index < -0.39 is 11.6 Å². The summed E-state index contributed by atoms with van der Waals surface area (Å²) in [7, 11) is 3.30. The lowest BCUT2D eigenvalue weighted by Crippen LogP contribution is -2.24. The molecule has 0 fully saturated rings. The van der Waals surface area contributed by atoms with Gasteiger partial charge in [0.15, 0.2) is 0 Å². The number of benzene rings is 2. The predicted molar refractivity (Wildman–Crippen MR) is 113 cm³/mol. The van der Waals surface area contributed by atoms with Gasteiger partial charge in [0, 0.05) is 48.7 Å². The van der Waals surface area contributed by atoms with Crippen LogP contribution in [0, 0.1) is 18.6 Å². The monoisotopic (exact) mass is 476 g/mol. The summed E-state index contributed by atoms with van der Waals surface area (Å²) < 4.78 is 34.1. The molecule has 0 N–H and O–H groups in total. The van der Waals surface area contributed by atoms with Crippen molar-refractivity contribution in [1.82, 2.24) is 9.47 Å². The van der Waals surface area contributed by atoms with E-state index in [2.05, 4.69) is 15.9 Å². The maximum Gasteiger partial charge on any atom is 0.273 e. The van der Waals surface area contributed by atoms with Crippen LogP contribution in [-0.2, 0) is 6.61 Å². The summed E-state index contributed by atoms with van der Waals surface area (Å²) in [5, 5.41) is 0. The number of carbonyl (C=O) groups is 1. The Labute approximate surface area is 180 Å². The fraction of sp³-hybridized carbons (Fsp3) is 0.182. The number of hydrogen-bond acceptors (Lipinski definition) is 3. The number of nitrogens with zero attached hydrogens (tertiary/aromatic N) is 2. The van der Waals surface area contributed by atoms with Gasteiger partial charge in [0.05, 0.1) is 0 Å². The van der Waals surface area contributed by atoms with E-state index in [1.54, 1.807) is 51.4 Å². The number of rotatable bonds is 5. The second-order valence-corrected chi connectivity index (χ2v) is 7.67. The van der Waals surface area contributed by atoms with Crippen LogP contribution in [0.3, 0.4) is 0 Å². The van der Waals surface area contributed by atoms with Gasteiger partial charge in [-0.15, -0.1) is 0 Å². The minimum absolute atomic E-state index is 0.153. The topological polar surface area (TPSA) is 51.5 Å². The molecule has 5 nitrogen and oxygen atoms in total. The summed E-state index contributed by atoms with van der Waals surface area (Å²) in [5.41, 5.74) is 1.32. The lowest BCUT2D eigenvalue weighted by molar-refractivity contribution is 0.0827. The van der Waals surface area contributed by atoms with Crippen LogP contribution in [0.25, 0.3) is 5.69 Å². The summed E-state index contributed by atoms with van der Waals surface area (Å²) in [5.74, 6) is -1.34. The second kappa shape index (κ2) is 8.79. The van der Waals surface area contributed by atoms with Crippen LogP contribution < -0.4 is 10.3 Å². The molecule has 0 bridgehead atoms. The number of aromatic nitrogens is 1. The molecule has 8 heteroatoms. The fourth-order valence-corrected chi connectivity index (χ4v) is 3.34. The van der Waals surface area contributed by atoms with Crippen LogP contribution in [0.1, 0.15) is 21.6 Å².